The normalized spacial score (nSPS) is 26.7. The van der Waals surface area contributed by atoms with Crippen LogP contribution in [-0.2, 0) is 9.59 Å². The van der Waals surface area contributed by atoms with E-state index in [1.807, 2.05) is 0 Å². The predicted octanol–water partition coefficient (Wildman–Crippen LogP) is 3.29. The predicted molar refractivity (Wildman–Crippen MR) is 63.2 cm³/mol. The fraction of sp³-hybridized carbons (Fsp3) is 0.857. The quantitative estimate of drug-likeness (QED) is 0.718. The minimum absolute atomic E-state index is 0.131. The third-order valence-electron chi connectivity index (χ3n) is 4.79. The smallest absolute Gasteiger partial charge is 0.136 e. The molecule has 0 spiro atoms. The number of ketones is 2. The van der Waals surface area contributed by atoms with Crippen LogP contribution in [0.3, 0.4) is 0 Å². The van der Waals surface area contributed by atoms with E-state index in [2.05, 4.69) is 0 Å². The summed E-state index contributed by atoms with van der Waals surface area (Å²) in [6.45, 7) is 1.74. The van der Waals surface area contributed by atoms with Crippen molar-refractivity contribution in [3.63, 3.8) is 0 Å². The van der Waals surface area contributed by atoms with E-state index in [0.717, 1.165) is 12.8 Å². The number of Topliss-reactive ketones (excluding diaryl/α,β-unsaturated/α-hetero) is 2. The zero-order chi connectivity index (χ0) is 11.6. The molecule has 0 aromatic carbocycles. The lowest BCUT2D eigenvalue weighted by atomic mass is 9.60. The van der Waals surface area contributed by atoms with Crippen molar-refractivity contribution in [3.8, 4) is 0 Å². The van der Waals surface area contributed by atoms with Crippen LogP contribution in [0.4, 0.5) is 0 Å². The SMILES string of the molecule is CC(=O)C1(C2CCCCC2)CCC(=O)CC1. The fourth-order valence-corrected chi connectivity index (χ4v) is 3.68. The molecule has 0 aromatic rings. The van der Waals surface area contributed by atoms with Crippen LogP contribution >= 0.6 is 0 Å². The van der Waals surface area contributed by atoms with E-state index in [-0.39, 0.29) is 5.41 Å². The molecule has 0 saturated heterocycles. The van der Waals surface area contributed by atoms with Crippen LogP contribution in [0, 0.1) is 11.3 Å². The summed E-state index contributed by atoms with van der Waals surface area (Å²) >= 11 is 0. The van der Waals surface area contributed by atoms with Crippen LogP contribution in [0.15, 0.2) is 0 Å². The summed E-state index contributed by atoms with van der Waals surface area (Å²) in [6.07, 6.45) is 9.19. The van der Waals surface area contributed by atoms with Gasteiger partial charge in [0.1, 0.15) is 11.6 Å². The first-order chi connectivity index (χ1) is 7.65. The summed E-state index contributed by atoms with van der Waals surface area (Å²) in [5, 5.41) is 0. The van der Waals surface area contributed by atoms with Crippen molar-refractivity contribution in [2.24, 2.45) is 11.3 Å². The largest absolute Gasteiger partial charge is 0.300 e. The first kappa shape index (κ1) is 11.8. The zero-order valence-electron chi connectivity index (χ0n) is 10.3. The molecule has 0 bridgehead atoms. The summed E-state index contributed by atoms with van der Waals surface area (Å²) in [5.74, 6) is 1.26. The highest BCUT2D eigenvalue weighted by Gasteiger charge is 2.45. The van der Waals surface area contributed by atoms with Crippen molar-refractivity contribution in [3.05, 3.63) is 0 Å². The summed E-state index contributed by atoms with van der Waals surface area (Å²) in [7, 11) is 0. The van der Waals surface area contributed by atoms with Crippen molar-refractivity contribution >= 4 is 11.6 Å². The first-order valence-corrected chi connectivity index (χ1v) is 6.68. The van der Waals surface area contributed by atoms with E-state index >= 15 is 0 Å². The summed E-state index contributed by atoms with van der Waals surface area (Å²) in [5.41, 5.74) is -0.131. The lowest BCUT2D eigenvalue weighted by Gasteiger charge is -2.43. The molecule has 0 aromatic heterocycles. The molecule has 2 saturated carbocycles. The van der Waals surface area contributed by atoms with E-state index in [1.165, 1.54) is 32.1 Å². The lowest BCUT2D eigenvalue weighted by Crippen LogP contribution is -2.41. The minimum Gasteiger partial charge on any atom is -0.300 e. The second-order valence-corrected chi connectivity index (χ2v) is 5.59. The second-order valence-electron chi connectivity index (χ2n) is 5.59. The average Bonchev–Trinajstić information content (AvgIpc) is 2.31. The van der Waals surface area contributed by atoms with Gasteiger partial charge in [-0.25, -0.2) is 0 Å². The van der Waals surface area contributed by atoms with Gasteiger partial charge < -0.3 is 0 Å². The van der Waals surface area contributed by atoms with Crippen LogP contribution in [-0.4, -0.2) is 11.6 Å². The molecule has 2 rings (SSSR count). The van der Waals surface area contributed by atoms with Gasteiger partial charge >= 0.3 is 0 Å². The Morgan fingerprint density at radius 1 is 1.12 bits per heavy atom. The highest BCUT2D eigenvalue weighted by molar-refractivity contribution is 5.87. The van der Waals surface area contributed by atoms with Gasteiger partial charge in [0.05, 0.1) is 0 Å². The summed E-state index contributed by atoms with van der Waals surface area (Å²) in [6, 6.07) is 0. The maximum atomic E-state index is 12.0. The zero-order valence-corrected chi connectivity index (χ0v) is 10.3. The Hall–Kier alpha value is -0.660. The molecule has 0 N–H and O–H groups in total. The summed E-state index contributed by atoms with van der Waals surface area (Å²) in [4.78, 5) is 23.4. The Balaban J connectivity index is 2.14. The van der Waals surface area contributed by atoms with Crippen molar-refractivity contribution in [2.45, 2.75) is 64.7 Å². The maximum Gasteiger partial charge on any atom is 0.136 e. The van der Waals surface area contributed by atoms with Crippen molar-refractivity contribution in [1.82, 2.24) is 0 Å². The van der Waals surface area contributed by atoms with Gasteiger partial charge in [-0.05, 0) is 38.5 Å². The molecule has 0 heterocycles. The van der Waals surface area contributed by atoms with Crippen molar-refractivity contribution in [1.29, 1.82) is 0 Å². The van der Waals surface area contributed by atoms with Gasteiger partial charge in [0.25, 0.3) is 0 Å². The van der Waals surface area contributed by atoms with E-state index < -0.39 is 0 Å². The van der Waals surface area contributed by atoms with Gasteiger partial charge in [-0.15, -0.1) is 0 Å². The molecule has 2 aliphatic rings. The van der Waals surface area contributed by atoms with Crippen LogP contribution in [0.1, 0.15) is 64.7 Å². The Labute approximate surface area is 97.8 Å². The first-order valence-electron chi connectivity index (χ1n) is 6.68. The molecule has 2 heteroatoms. The van der Waals surface area contributed by atoms with E-state index in [0.29, 0.717) is 30.3 Å². The number of rotatable bonds is 2. The average molecular weight is 222 g/mol. The van der Waals surface area contributed by atoms with E-state index in [4.69, 9.17) is 0 Å². The maximum absolute atomic E-state index is 12.0. The molecule has 2 fully saturated rings. The highest BCUT2D eigenvalue weighted by atomic mass is 16.1. The van der Waals surface area contributed by atoms with Gasteiger partial charge in [0.15, 0.2) is 0 Å². The molecule has 0 radical (unpaired) electrons. The Bertz CT molecular complexity index is 277. The molecule has 2 aliphatic carbocycles. The minimum atomic E-state index is -0.131. The number of hydrogen-bond donors (Lipinski definition) is 0. The summed E-state index contributed by atoms with van der Waals surface area (Å²) < 4.78 is 0. The third-order valence-corrected chi connectivity index (χ3v) is 4.79. The standard InChI is InChI=1S/C14H22O2/c1-11(15)14(9-7-13(16)8-10-14)12-5-3-2-4-6-12/h12H,2-10H2,1H3. The lowest BCUT2D eigenvalue weighted by molar-refractivity contribution is -0.136. The van der Waals surface area contributed by atoms with Crippen molar-refractivity contribution < 1.29 is 9.59 Å². The second kappa shape index (κ2) is 4.68. The fourth-order valence-electron chi connectivity index (χ4n) is 3.68. The Morgan fingerprint density at radius 2 is 1.69 bits per heavy atom. The molecule has 16 heavy (non-hydrogen) atoms. The highest BCUT2D eigenvalue weighted by Crippen LogP contribution is 2.48. The van der Waals surface area contributed by atoms with Crippen LogP contribution in [0.25, 0.3) is 0 Å². The Kier molecular flexibility index (Phi) is 3.46. The van der Waals surface area contributed by atoms with Crippen LogP contribution in [0.2, 0.25) is 0 Å². The molecular formula is C14H22O2. The molecule has 0 unspecified atom stereocenters. The van der Waals surface area contributed by atoms with Gasteiger partial charge in [-0.2, -0.15) is 0 Å². The number of carbonyl (C=O) groups excluding carboxylic acids is 2. The van der Waals surface area contributed by atoms with Gasteiger partial charge in [0, 0.05) is 18.3 Å². The van der Waals surface area contributed by atoms with Gasteiger partial charge in [-0.3, -0.25) is 9.59 Å². The monoisotopic (exact) mass is 222 g/mol. The van der Waals surface area contributed by atoms with Gasteiger partial charge in [0.2, 0.25) is 0 Å². The molecule has 90 valence electrons. The Morgan fingerprint density at radius 3 is 2.19 bits per heavy atom. The number of carbonyl (C=O) groups is 2. The molecule has 2 nitrogen and oxygen atoms in total. The third kappa shape index (κ3) is 2.07. The van der Waals surface area contributed by atoms with Crippen LogP contribution < -0.4 is 0 Å². The molecule has 0 atom stereocenters. The van der Waals surface area contributed by atoms with Gasteiger partial charge in [-0.1, -0.05) is 19.3 Å². The molecule has 0 amide bonds. The van der Waals surface area contributed by atoms with E-state index in [9.17, 15) is 9.59 Å². The topological polar surface area (TPSA) is 34.1 Å². The van der Waals surface area contributed by atoms with Crippen molar-refractivity contribution in [2.75, 3.05) is 0 Å². The van der Waals surface area contributed by atoms with Crippen LogP contribution in [0.5, 0.6) is 0 Å². The van der Waals surface area contributed by atoms with E-state index in [1.54, 1.807) is 6.92 Å². The molecular weight excluding hydrogens is 200 g/mol. The molecule has 0 aliphatic heterocycles. The number of hydrogen-bond acceptors (Lipinski definition) is 2.